The maximum Gasteiger partial charge on any atom is 0.416 e. The number of pyridine rings is 1. The quantitative estimate of drug-likeness (QED) is 0.225. The van der Waals surface area contributed by atoms with E-state index in [2.05, 4.69) is 15.2 Å². The van der Waals surface area contributed by atoms with Crippen LogP contribution in [0.25, 0.3) is 22.0 Å². The highest BCUT2D eigenvalue weighted by molar-refractivity contribution is 6.08. The normalized spacial score (nSPS) is 17.6. The lowest BCUT2D eigenvalue weighted by Crippen LogP contribution is -2.42. The van der Waals surface area contributed by atoms with Gasteiger partial charge < -0.3 is 15.1 Å². The Kier molecular flexibility index (Phi) is 8.05. The van der Waals surface area contributed by atoms with Gasteiger partial charge in [0.1, 0.15) is 17.5 Å². The number of carbonyl (C=O) groups excluding carboxylic acids is 1. The molecule has 2 saturated heterocycles. The summed E-state index contributed by atoms with van der Waals surface area (Å²) in [4.78, 5) is 23.2. The van der Waals surface area contributed by atoms with Crippen LogP contribution in [0.15, 0.2) is 66.7 Å². The summed E-state index contributed by atoms with van der Waals surface area (Å²) >= 11 is 0. The average Bonchev–Trinajstić information content (AvgIpc) is 3.67. The van der Waals surface area contributed by atoms with E-state index in [4.69, 9.17) is 0 Å². The predicted octanol–water partition coefficient (Wildman–Crippen LogP) is 7.51. The molecule has 2 aliphatic heterocycles. The van der Waals surface area contributed by atoms with Crippen LogP contribution in [0, 0.1) is 11.6 Å². The van der Waals surface area contributed by atoms with Gasteiger partial charge in [-0.1, -0.05) is 18.2 Å². The summed E-state index contributed by atoms with van der Waals surface area (Å²) in [7, 11) is 0. The van der Waals surface area contributed by atoms with Crippen molar-refractivity contribution in [2.24, 2.45) is 0 Å². The highest BCUT2D eigenvalue weighted by Gasteiger charge is 2.33. The van der Waals surface area contributed by atoms with Crippen LogP contribution >= 0.6 is 0 Å². The van der Waals surface area contributed by atoms with Gasteiger partial charge in [-0.25, -0.2) is 13.8 Å². The molecule has 0 bridgehead atoms. The van der Waals surface area contributed by atoms with Gasteiger partial charge in [-0.05, 0) is 92.4 Å². The monoisotopic (exact) mass is 594 g/mol. The molecule has 5 nitrogen and oxygen atoms in total. The first kappa shape index (κ1) is 29.0. The summed E-state index contributed by atoms with van der Waals surface area (Å²) in [6.07, 6.45) is -0.285. The van der Waals surface area contributed by atoms with Crippen LogP contribution in [-0.2, 0) is 12.7 Å². The van der Waals surface area contributed by atoms with Gasteiger partial charge in [0.05, 0.1) is 16.6 Å². The van der Waals surface area contributed by atoms with E-state index in [0.717, 1.165) is 63.5 Å². The van der Waals surface area contributed by atoms with Crippen LogP contribution in [0.1, 0.15) is 47.2 Å². The van der Waals surface area contributed by atoms with Gasteiger partial charge in [-0.3, -0.25) is 4.79 Å². The molecule has 6 rings (SSSR count). The molecule has 1 N–H and O–H groups in total. The number of hydrogen-bond donors (Lipinski definition) is 1. The van der Waals surface area contributed by atoms with E-state index in [1.807, 2.05) is 4.90 Å². The van der Waals surface area contributed by atoms with Crippen molar-refractivity contribution in [1.82, 2.24) is 14.8 Å². The topological polar surface area (TPSA) is 48.5 Å². The molecule has 1 atom stereocenters. The van der Waals surface area contributed by atoms with Gasteiger partial charge >= 0.3 is 6.18 Å². The second-order valence-electron chi connectivity index (χ2n) is 11.3. The molecule has 0 saturated carbocycles. The smallest absolute Gasteiger partial charge is 0.366 e. The van der Waals surface area contributed by atoms with Gasteiger partial charge in [0.25, 0.3) is 5.91 Å². The molecule has 0 radical (unpaired) electrons. The molecule has 0 spiro atoms. The molecule has 224 valence electrons. The van der Waals surface area contributed by atoms with Gasteiger partial charge in [0.2, 0.25) is 0 Å². The number of nitrogens with one attached hydrogen (secondary N) is 1. The van der Waals surface area contributed by atoms with E-state index >= 15 is 0 Å². The number of benzene rings is 3. The summed E-state index contributed by atoms with van der Waals surface area (Å²) in [6, 6.07) is 15.1. The molecular weight excluding hydrogens is 563 g/mol. The van der Waals surface area contributed by atoms with Gasteiger partial charge in [0.15, 0.2) is 0 Å². The van der Waals surface area contributed by atoms with Crippen molar-refractivity contribution >= 4 is 22.6 Å². The molecule has 43 heavy (non-hydrogen) atoms. The maximum absolute atomic E-state index is 14.7. The summed E-state index contributed by atoms with van der Waals surface area (Å²) in [5.41, 5.74) is 1.49. The number of alkyl halides is 3. The molecule has 2 aliphatic rings. The number of amides is 1. The van der Waals surface area contributed by atoms with Crippen molar-refractivity contribution < 1.29 is 26.7 Å². The lowest BCUT2D eigenvalue weighted by atomic mass is 9.99. The van der Waals surface area contributed by atoms with Gasteiger partial charge in [-0.15, -0.1) is 0 Å². The number of nitrogens with zero attached hydrogens (tertiary/aromatic N) is 3. The van der Waals surface area contributed by atoms with Gasteiger partial charge in [0, 0.05) is 42.7 Å². The second-order valence-corrected chi connectivity index (χ2v) is 11.3. The Labute approximate surface area is 246 Å². The number of hydrogen-bond acceptors (Lipinski definition) is 4. The number of aromatic nitrogens is 1. The third kappa shape index (κ3) is 6.34. The summed E-state index contributed by atoms with van der Waals surface area (Å²) in [5.74, 6) is -1.14. The van der Waals surface area contributed by atoms with Crippen LogP contribution in [0.2, 0.25) is 0 Å². The number of likely N-dealkylation sites (tertiary alicyclic amines) is 2. The second kappa shape index (κ2) is 11.9. The molecule has 3 aromatic carbocycles. The lowest BCUT2D eigenvalue weighted by Gasteiger charge is -2.29. The highest BCUT2D eigenvalue weighted by atomic mass is 19.4. The third-order valence-electron chi connectivity index (χ3n) is 8.34. The molecule has 1 aromatic heterocycles. The zero-order chi connectivity index (χ0) is 30.1. The van der Waals surface area contributed by atoms with Crippen molar-refractivity contribution in [2.75, 3.05) is 31.5 Å². The molecule has 4 aromatic rings. The Morgan fingerprint density at radius 2 is 1.67 bits per heavy atom. The molecular formula is C33H31F5N4O. The SMILES string of the molecule is O=C(c1cc(NCc2ccc(C(F)(F)F)cc2)nc2ccc(-c3ccc(F)cc3F)cc12)N1CCC[C@H]1CN1CCCC1. The van der Waals surface area contributed by atoms with Crippen LogP contribution in [0.5, 0.6) is 0 Å². The number of fused-ring (bicyclic) bond motifs is 1. The molecule has 2 fully saturated rings. The summed E-state index contributed by atoms with van der Waals surface area (Å²) in [5, 5.41) is 3.70. The van der Waals surface area contributed by atoms with E-state index < -0.39 is 23.4 Å². The predicted molar refractivity (Wildman–Crippen MR) is 156 cm³/mol. The first-order valence-electron chi connectivity index (χ1n) is 14.5. The van der Waals surface area contributed by atoms with Crippen molar-refractivity contribution in [3.8, 4) is 11.1 Å². The van der Waals surface area contributed by atoms with Crippen molar-refractivity contribution in [3.05, 3.63) is 95.1 Å². The lowest BCUT2D eigenvalue weighted by molar-refractivity contribution is -0.137. The fourth-order valence-electron chi connectivity index (χ4n) is 6.10. The highest BCUT2D eigenvalue weighted by Crippen LogP contribution is 2.32. The Morgan fingerprint density at radius 1 is 0.907 bits per heavy atom. The van der Waals surface area contributed by atoms with E-state index in [9.17, 15) is 26.7 Å². The average molecular weight is 595 g/mol. The number of rotatable bonds is 7. The minimum absolute atomic E-state index is 0.0788. The fraction of sp³-hybridized carbons (Fsp3) is 0.333. The largest absolute Gasteiger partial charge is 0.416 e. The fourth-order valence-corrected chi connectivity index (χ4v) is 6.10. The molecule has 0 aliphatic carbocycles. The van der Waals surface area contributed by atoms with Crippen molar-refractivity contribution in [3.63, 3.8) is 0 Å². The minimum atomic E-state index is -4.42. The van der Waals surface area contributed by atoms with E-state index in [1.165, 1.54) is 24.3 Å². The Morgan fingerprint density at radius 3 is 2.40 bits per heavy atom. The number of carbonyl (C=O) groups is 1. The zero-order valence-electron chi connectivity index (χ0n) is 23.4. The Hall–Kier alpha value is -4.05. The Balaban J connectivity index is 1.34. The number of halogens is 5. The van der Waals surface area contributed by atoms with Crippen LogP contribution < -0.4 is 5.32 Å². The molecule has 0 unspecified atom stereocenters. The van der Waals surface area contributed by atoms with E-state index in [0.29, 0.717) is 40.0 Å². The van der Waals surface area contributed by atoms with Crippen LogP contribution in [0.3, 0.4) is 0 Å². The Bertz CT molecular complexity index is 1630. The van der Waals surface area contributed by atoms with Gasteiger partial charge in [-0.2, -0.15) is 13.2 Å². The first-order valence-corrected chi connectivity index (χ1v) is 14.5. The molecule has 1 amide bonds. The van der Waals surface area contributed by atoms with Crippen LogP contribution in [-0.4, -0.2) is 52.9 Å². The summed E-state index contributed by atoms with van der Waals surface area (Å²) < 4.78 is 67.2. The number of anilines is 1. The van der Waals surface area contributed by atoms with E-state index in [1.54, 1.807) is 24.3 Å². The minimum Gasteiger partial charge on any atom is -0.366 e. The van der Waals surface area contributed by atoms with Crippen molar-refractivity contribution in [2.45, 2.75) is 44.4 Å². The zero-order valence-corrected chi connectivity index (χ0v) is 23.4. The first-order chi connectivity index (χ1) is 20.7. The third-order valence-corrected chi connectivity index (χ3v) is 8.34. The molecule has 3 heterocycles. The maximum atomic E-state index is 14.7. The van der Waals surface area contributed by atoms with E-state index in [-0.39, 0.29) is 24.1 Å². The summed E-state index contributed by atoms with van der Waals surface area (Å²) in [6.45, 7) is 3.70. The van der Waals surface area contributed by atoms with Crippen molar-refractivity contribution in [1.29, 1.82) is 0 Å². The molecule has 10 heteroatoms. The van der Waals surface area contributed by atoms with Crippen LogP contribution in [0.4, 0.5) is 27.8 Å². The standard InChI is InChI=1S/C33H31F5N4O/c34-24-10-11-26(29(35)17-24)22-7-12-30-27(16-22)28(32(43)42-15-3-4-25(42)20-41-13-1-2-14-41)18-31(40-30)39-19-21-5-8-23(9-6-21)33(36,37)38/h5-12,16-18,25H,1-4,13-15,19-20H2,(H,39,40)/t25-/m0/s1.